The van der Waals surface area contributed by atoms with Gasteiger partial charge in [-0.2, -0.15) is 0 Å². The molecule has 2 fully saturated rings. The van der Waals surface area contributed by atoms with Crippen LogP contribution >= 0.6 is 0 Å². The van der Waals surface area contributed by atoms with Gasteiger partial charge < -0.3 is 20.3 Å². The van der Waals surface area contributed by atoms with Crippen molar-refractivity contribution in [2.24, 2.45) is 5.92 Å². The van der Waals surface area contributed by atoms with E-state index in [1.807, 2.05) is 0 Å². The smallest absolute Gasteiger partial charge is 0.310 e. The van der Waals surface area contributed by atoms with Gasteiger partial charge in [0, 0.05) is 26.2 Å². The van der Waals surface area contributed by atoms with Crippen LogP contribution in [0.4, 0.5) is 0 Å². The maximum atomic E-state index is 12.3. The Morgan fingerprint density at radius 3 is 2.90 bits per heavy atom. The van der Waals surface area contributed by atoms with Crippen LogP contribution in [-0.2, 0) is 19.1 Å². The minimum atomic E-state index is -0.464. The molecule has 2 unspecified atom stereocenters. The minimum Gasteiger partial charge on any atom is -0.466 e. The molecule has 0 bridgehead atoms. The number of ether oxygens (including phenoxy) is 1. The molecule has 7 heteroatoms. The van der Waals surface area contributed by atoms with Crippen molar-refractivity contribution in [3.63, 3.8) is 0 Å². The van der Waals surface area contributed by atoms with Gasteiger partial charge in [0.25, 0.3) is 0 Å². The predicted octanol–water partition coefficient (Wildman–Crippen LogP) is -0.734. The summed E-state index contributed by atoms with van der Waals surface area (Å²) in [6.45, 7) is 4.44. The fourth-order valence-corrected chi connectivity index (χ4v) is 2.77. The summed E-state index contributed by atoms with van der Waals surface area (Å²) in [6.07, 6.45) is 1.69. The van der Waals surface area contributed by atoms with Gasteiger partial charge in [-0.05, 0) is 19.8 Å². The van der Waals surface area contributed by atoms with E-state index in [-0.39, 0.29) is 30.1 Å². The molecule has 2 atom stereocenters. The van der Waals surface area contributed by atoms with Crippen LogP contribution < -0.4 is 10.6 Å². The van der Waals surface area contributed by atoms with Crippen molar-refractivity contribution in [3.8, 4) is 0 Å². The normalized spacial score (nSPS) is 26.1. The third kappa shape index (κ3) is 4.17. The first-order valence-electron chi connectivity index (χ1n) is 7.57. The highest BCUT2D eigenvalue weighted by Gasteiger charge is 2.32. The van der Waals surface area contributed by atoms with E-state index in [1.165, 1.54) is 0 Å². The van der Waals surface area contributed by atoms with Crippen LogP contribution in [0.15, 0.2) is 0 Å². The average Bonchev–Trinajstić information content (AvgIpc) is 2.50. The largest absolute Gasteiger partial charge is 0.466 e. The molecule has 7 nitrogen and oxygen atoms in total. The second-order valence-electron chi connectivity index (χ2n) is 5.43. The summed E-state index contributed by atoms with van der Waals surface area (Å²) in [6, 6.07) is -0.464. The van der Waals surface area contributed by atoms with Crippen molar-refractivity contribution in [1.29, 1.82) is 0 Å². The SMILES string of the molecule is CCOC(=O)C1CCCN(C(=O)CC2NCCNC2=O)C1. The summed E-state index contributed by atoms with van der Waals surface area (Å²) >= 11 is 0. The van der Waals surface area contributed by atoms with Gasteiger partial charge in [0.2, 0.25) is 11.8 Å². The Kier molecular flexibility index (Phi) is 5.55. The molecule has 0 saturated carbocycles. The monoisotopic (exact) mass is 297 g/mol. The van der Waals surface area contributed by atoms with E-state index in [1.54, 1.807) is 11.8 Å². The Bertz CT molecular complexity index is 413. The van der Waals surface area contributed by atoms with Gasteiger partial charge in [-0.15, -0.1) is 0 Å². The Morgan fingerprint density at radius 2 is 2.19 bits per heavy atom. The van der Waals surface area contributed by atoms with Crippen LogP contribution in [0.25, 0.3) is 0 Å². The fourth-order valence-electron chi connectivity index (χ4n) is 2.77. The van der Waals surface area contributed by atoms with E-state index in [0.29, 0.717) is 32.8 Å². The first-order chi connectivity index (χ1) is 10.1. The quantitative estimate of drug-likeness (QED) is 0.668. The van der Waals surface area contributed by atoms with Crippen LogP contribution in [-0.4, -0.2) is 61.5 Å². The molecular weight excluding hydrogens is 274 g/mol. The number of carbonyl (C=O) groups excluding carboxylic acids is 3. The third-order valence-corrected chi connectivity index (χ3v) is 3.90. The standard InChI is InChI=1S/C14H23N3O4/c1-2-21-14(20)10-4-3-7-17(9-10)12(18)8-11-13(19)16-6-5-15-11/h10-11,15H,2-9H2,1H3,(H,16,19). The van der Waals surface area contributed by atoms with Gasteiger partial charge in [-0.25, -0.2) is 0 Å². The number of nitrogens with one attached hydrogen (secondary N) is 2. The van der Waals surface area contributed by atoms with Crippen molar-refractivity contribution < 1.29 is 19.1 Å². The van der Waals surface area contributed by atoms with Crippen LogP contribution in [0.1, 0.15) is 26.2 Å². The zero-order chi connectivity index (χ0) is 15.2. The maximum Gasteiger partial charge on any atom is 0.310 e. The summed E-state index contributed by atoms with van der Waals surface area (Å²) in [5, 5.41) is 5.78. The molecule has 2 heterocycles. The van der Waals surface area contributed by atoms with Crippen molar-refractivity contribution in [2.75, 3.05) is 32.8 Å². The molecule has 0 aromatic carbocycles. The summed E-state index contributed by atoms with van der Waals surface area (Å²) in [5.41, 5.74) is 0. The Hall–Kier alpha value is -1.63. The summed E-state index contributed by atoms with van der Waals surface area (Å²) in [5.74, 6) is -0.688. The number of rotatable bonds is 4. The van der Waals surface area contributed by atoms with Crippen LogP contribution in [0, 0.1) is 5.92 Å². The Balaban J connectivity index is 1.86. The zero-order valence-corrected chi connectivity index (χ0v) is 12.4. The zero-order valence-electron chi connectivity index (χ0n) is 12.4. The predicted molar refractivity (Wildman–Crippen MR) is 75.4 cm³/mol. The van der Waals surface area contributed by atoms with Crippen molar-refractivity contribution in [3.05, 3.63) is 0 Å². The number of amides is 2. The van der Waals surface area contributed by atoms with Gasteiger partial charge in [-0.1, -0.05) is 0 Å². The van der Waals surface area contributed by atoms with Gasteiger partial charge in [0.1, 0.15) is 0 Å². The first kappa shape index (κ1) is 15.8. The number of hydrogen-bond acceptors (Lipinski definition) is 5. The second-order valence-corrected chi connectivity index (χ2v) is 5.43. The number of hydrogen-bond donors (Lipinski definition) is 2. The Labute approximate surface area is 124 Å². The lowest BCUT2D eigenvalue weighted by atomic mass is 9.97. The van der Waals surface area contributed by atoms with Gasteiger partial charge in [0.05, 0.1) is 25.0 Å². The molecule has 2 saturated heterocycles. The third-order valence-electron chi connectivity index (χ3n) is 3.90. The van der Waals surface area contributed by atoms with Crippen molar-refractivity contribution in [1.82, 2.24) is 15.5 Å². The van der Waals surface area contributed by atoms with Crippen LogP contribution in [0.2, 0.25) is 0 Å². The molecule has 2 aliphatic heterocycles. The summed E-state index contributed by atoms with van der Waals surface area (Å²) in [4.78, 5) is 37.4. The molecule has 0 spiro atoms. The molecule has 0 aliphatic carbocycles. The van der Waals surface area contributed by atoms with E-state index in [9.17, 15) is 14.4 Å². The molecular formula is C14H23N3O4. The average molecular weight is 297 g/mol. The molecule has 2 rings (SSSR count). The molecule has 21 heavy (non-hydrogen) atoms. The summed E-state index contributed by atoms with van der Waals surface area (Å²) in [7, 11) is 0. The topological polar surface area (TPSA) is 87.7 Å². The first-order valence-corrected chi connectivity index (χ1v) is 7.57. The number of esters is 1. The Morgan fingerprint density at radius 1 is 1.38 bits per heavy atom. The number of piperazine rings is 1. The molecule has 2 amide bonds. The second kappa shape index (κ2) is 7.40. The number of nitrogens with zero attached hydrogens (tertiary/aromatic N) is 1. The lowest BCUT2D eigenvalue weighted by molar-refractivity contribution is -0.151. The van der Waals surface area contributed by atoms with E-state index >= 15 is 0 Å². The van der Waals surface area contributed by atoms with E-state index in [0.717, 1.165) is 12.8 Å². The molecule has 2 N–H and O–H groups in total. The number of carbonyl (C=O) groups is 3. The van der Waals surface area contributed by atoms with E-state index in [4.69, 9.17) is 4.74 Å². The van der Waals surface area contributed by atoms with E-state index < -0.39 is 6.04 Å². The maximum absolute atomic E-state index is 12.3. The highest BCUT2D eigenvalue weighted by atomic mass is 16.5. The van der Waals surface area contributed by atoms with Gasteiger partial charge in [0.15, 0.2) is 0 Å². The van der Waals surface area contributed by atoms with Crippen molar-refractivity contribution in [2.45, 2.75) is 32.2 Å². The number of likely N-dealkylation sites (tertiary alicyclic amines) is 1. The minimum absolute atomic E-state index is 0.0847. The lowest BCUT2D eigenvalue weighted by Crippen LogP contribution is -2.55. The van der Waals surface area contributed by atoms with Gasteiger partial charge in [-0.3, -0.25) is 14.4 Å². The molecule has 0 aromatic heterocycles. The molecule has 0 radical (unpaired) electrons. The molecule has 0 aromatic rings. The van der Waals surface area contributed by atoms with Gasteiger partial charge >= 0.3 is 5.97 Å². The summed E-state index contributed by atoms with van der Waals surface area (Å²) < 4.78 is 5.02. The van der Waals surface area contributed by atoms with E-state index in [2.05, 4.69) is 10.6 Å². The lowest BCUT2D eigenvalue weighted by Gasteiger charge is -2.33. The van der Waals surface area contributed by atoms with Crippen molar-refractivity contribution >= 4 is 17.8 Å². The molecule has 118 valence electrons. The highest BCUT2D eigenvalue weighted by Crippen LogP contribution is 2.19. The fraction of sp³-hybridized carbons (Fsp3) is 0.786. The highest BCUT2D eigenvalue weighted by molar-refractivity contribution is 5.89. The molecule has 2 aliphatic rings. The van der Waals surface area contributed by atoms with Crippen LogP contribution in [0.3, 0.4) is 0 Å². The van der Waals surface area contributed by atoms with Crippen LogP contribution in [0.5, 0.6) is 0 Å². The number of piperidine rings is 1.